The van der Waals surface area contributed by atoms with Crippen LogP contribution in [0.3, 0.4) is 0 Å². The zero-order valence-corrected chi connectivity index (χ0v) is 27.4. The standard InChI is InChI=1S/C33H43N7O6/c1-21-20-40(38-37-21)32(2,3)11-16-45-33(4,5)17-27(41)35-18-22-7-9-25(46-22)23-8-10-26(44-6)28-24(19-36-29(23)28)30(42)31(43)39-14-12-34-13-15-39/h7-10,19-20,34,36H,11-18H2,1-6H3,(H,35,41). The van der Waals surface area contributed by atoms with Crippen LogP contribution >= 0.6 is 0 Å². The molecule has 0 atom stereocenters. The number of furan rings is 1. The summed E-state index contributed by atoms with van der Waals surface area (Å²) in [6.07, 6.45) is 4.33. The maximum Gasteiger partial charge on any atom is 0.295 e. The number of benzene rings is 1. The fourth-order valence-electron chi connectivity index (χ4n) is 5.54. The summed E-state index contributed by atoms with van der Waals surface area (Å²) < 4.78 is 19.6. The number of aryl methyl sites for hydroxylation is 1. The second kappa shape index (κ2) is 13.5. The minimum Gasteiger partial charge on any atom is -0.496 e. The Hall–Kier alpha value is -4.49. The van der Waals surface area contributed by atoms with Gasteiger partial charge in [0.2, 0.25) is 5.91 Å². The van der Waals surface area contributed by atoms with Crippen molar-refractivity contribution in [1.29, 1.82) is 0 Å². The number of carbonyl (C=O) groups excluding carboxylic acids is 3. The summed E-state index contributed by atoms with van der Waals surface area (Å²) in [4.78, 5) is 43.8. The molecule has 4 heterocycles. The summed E-state index contributed by atoms with van der Waals surface area (Å²) in [5, 5.41) is 14.9. The number of H-pyrrole nitrogens is 1. The van der Waals surface area contributed by atoms with Crippen LogP contribution in [0.25, 0.3) is 22.2 Å². The summed E-state index contributed by atoms with van der Waals surface area (Å²) in [5.41, 5.74) is 1.47. The molecule has 13 nitrogen and oxygen atoms in total. The van der Waals surface area contributed by atoms with Crippen molar-refractivity contribution in [2.75, 3.05) is 39.9 Å². The van der Waals surface area contributed by atoms with E-state index in [0.717, 1.165) is 5.69 Å². The average molecular weight is 634 g/mol. The van der Waals surface area contributed by atoms with E-state index in [2.05, 4.69) is 39.8 Å². The van der Waals surface area contributed by atoms with Crippen molar-refractivity contribution in [1.82, 2.24) is 35.5 Å². The van der Waals surface area contributed by atoms with Crippen LogP contribution in [-0.4, -0.2) is 88.0 Å². The van der Waals surface area contributed by atoms with E-state index in [1.807, 2.05) is 43.8 Å². The molecular weight excluding hydrogens is 590 g/mol. The van der Waals surface area contributed by atoms with Gasteiger partial charge in [-0.15, -0.1) is 5.10 Å². The van der Waals surface area contributed by atoms with Gasteiger partial charge in [-0.25, -0.2) is 4.68 Å². The predicted molar refractivity (Wildman–Crippen MR) is 172 cm³/mol. The van der Waals surface area contributed by atoms with Gasteiger partial charge in [0, 0.05) is 50.7 Å². The number of nitrogens with zero attached hydrogens (tertiary/aromatic N) is 4. The van der Waals surface area contributed by atoms with Gasteiger partial charge in [0.25, 0.3) is 11.7 Å². The van der Waals surface area contributed by atoms with Gasteiger partial charge < -0.3 is 34.4 Å². The van der Waals surface area contributed by atoms with Crippen LogP contribution < -0.4 is 15.4 Å². The summed E-state index contributed by atoms with van der Waals surface area (Å²) in [6.45, 7) is 12.8. The van der Waals surface area contributed by atoms with Crippen molar-refractivity contribution in [2.45, 2.75) is 65.1 Å². The third-order valence-corrected chi connectivity index (χ3v) is 8.27. The normalized spacial score (nSPS) is 14.1. The first-order chi connectivity index (χ1) is 21.9. The van der Waals surface area contributed by atoms with Crippen molar-refractivity contribution in [3.8, 4) is 17.1 Å². The SMILES string of the molecule is COc1ccc(-c2ccc(CNC(=O)CC(C)(C)OCCC(C)(C)n3cc(C)nn3)o2)c2[nH]cc(C(=O)C(=O)N3CCNCC3)c12. The quantitative estimate of drug-likeness (QED) is 0.148. The van der Waals surface area contributed by atoms with Gasteiger partial charge in [0.05, 0.1) is 53.4 Å². The highest BCUT2D eigenvalue weighted by Crippen LogP contribution is 2.37. The number of methoxy groups -OCH3 is 1. The van der Waals surface area contributed by atoms with E-state index in [1.54, 1.807) is 23.2 Å². The number of aromatic nitrogens is 4. The van der Waals surface area contributed by atoms with Gasteiger partial charge in [-0.05, 0) is 65.3 Å². The fraction of sp³-hybridized carbons (Fsp3) is 0.485. The number of aromatic amines is 1. The lowest BCUT2D eigenvalue weighted by atomic mass is 10.0. The van der Waals surface area contributed by atoms with Gasteiger partial charge >= 0.3 is 0 Å². The zero-order chi connectivity index (χ0) is 33.1. The molecule has 1 aromatic carbocycles. The molecule has 0 bridgehead atoms. The number of Topliss-reactive ketones (excluding diaryl/α,β-unsaturated/α-hetero) is 1. The molecule has 2 amide bonds. The number of ether oxygens (including phenoxy) is 2. The molecule has 1 fully saturated rings. The zero-order valence-electron chi connectivity index (χ0n) is 27.4. The van der Waals surface area contributed by atoms with E-state index in [1.165, 1.54) is 7.11 Å². The molecule has 0 saturated carbocycles. The van der Waals surface area contributed by atoms with Crippen LogP contribution in [0.4, 0.5) is 0 Å². The summed E-state index contributed by atoms with van der Waals surface area (Å²) in [5.74, 6) is 0.283. The van der Waals surface area contributed by atoms with Crippen LogP contribution in [0.2, 0.25) is 0 Å². The Kier molecular flexibility index (Phi) is 9.63. The molecule has 1 aliphatic rings. The molecule has 3 aromatic heterocycles. The van der Waals surface area contributed by atoms with E-state index in [0.29, 0.717) is 72.9 Å². The van der Waals surface area contributed by atoms with Crippen LogP contribution in [0.1, 0.15) is 62.3 Å². The first-order valence-electron chi connectivity index (χ1n) is 15.5. The highest BCUT2D eigenvalue weighted by Gasteiger charge is 2.29. The van der Waals surface area contributed by atoms with Crippen molar-refractivity contribution < 1.29 is 28.3 Å². The van der Waals surface area contributed by atoms with Crippen molar-refractivity contribution >= 4 is 28.5 Å². The van der Waals surface area contributed by atoms with Gasteiger partial charge in [-0.2, -0.15) is 0 Å². The average Bonchev–Trinajstić information content (AvgIpc) is 3.79. The number of rotatable bonds is 13. The Morgan fingerprint density at radius 3 is 2.54 bits per heavy atom. The number of fused-ring (bicyclic) bond motifs is 1. The van der Waals surface area contributed by atoms with Crippen molar-refractivity contribution in [3.05, 3.63) is 53.7 Å². The Labute approximate surface area is 268 Å². The molecule has 5 rings (SSSR count). The first-order valence-corrected chi connectivity index (χ1v) is 15.5. The highest BCUT2D eigenvalue weighted by atomic mass is 16.5. The number of hydrogen-bond donors (Lipinski definition) is 3. The number of hydrogen-bond acceptors (Lipinski definition) is 9. The maximum atomic E-state index is 13.3. The highest BCUT2D eigenvalue weighted by molar-refractivity contribution is 6.45. The Morgan fingerprint density at radius 1 is 1.09 bits per heavy atom. The second-order valence-electron chi connectivity index (χ2n) is 12.8. The lowest BCUT2D eigenvalue weighted by Crippen LogP contribution is -2.48. The van der Waals surface area contributed by atoms with E-state index in [-0.39, 0.29) is 30.0 Å². The van der Waals surface area contributed by atoms with Crippen LogP contribution in [0, 0.1) is 6.92 Å². The van der Waals surface area contributed by atoms with Crippen LogP contribution in [-0.2, 0) is 26.4 Å². The predicted octanol–water partition coefficient (Wildman–Crippen LogP) is 3.58. The molecule has 246 valence electrons. The summed E-state index contributed by atoms with van der Waals surface area (Å²) >= 11 is 0. The Balaban J connectivity index is 1.20. The number of amides is 2. The molecule has 46 heavy (non-hydrogen) atoms. The van der Waals surface area contributed by atoms with Crippen LogP contribution in [0.15, 0.2) is 41.1 Å². The Morgan fingerprint density at radius 2 is 1.85 bits per heavy atom. The molecule has 4 aromatic rings. The van der Waals surface area contributed by atoms with E-state index >= 15 is 0 Å². The maximum absolute atomic E-state index is 13.3. The minimum atomic E-state index is -0.670. The molecule has 13 heteroatoms. The fourth-order valence-corrected chi connectivity index (χ4v) is 5.54. The monoisotopic (exact) mass is 633 g/mol. The molecule has 0 spiro atoms. The van der Waals surface area contributed by atoms with Crippen molar-refractivity contribution in [3.63, 3.8) is 0 Å². The van der Waals surface area contributed by atoms with Crippen molar-refractivity contribution in [2.24, 2.45) is 0 Å². The largest absolute Gasteiger partial charge is 0.496 e. The number of ketones is 1. The lowest BCUT2D eigenvalue weighted by molar-refractivity contribution is -0.128. The minimum absolute atomic E-state index is 0.164. The van der Waals surface area contributed by atoms with Crippen LogP contribution in [0.5, 0.6) is 5.75 Å². The second-order valence-corrected chi connectivity index (χ2v) is 12.8. The lowest BCUT2D eigenvalue weighted by Gasteiger charge is -2.29. The molecule has 1 aliphatic heterocycles. The van der Waals surface area contributed by atoms with E-state index in [4.69, 9.17) is 13.9 Å². The molecular formula is C33H43N7O6. The van der Waals surface area contributed by atoms with Gasteiger partial charge in [-0.1, -0.05) is 5.21 Å². The van der Waals surface area contributed by atoms with Gasteiger partial charge in [0.1, 0.15) is 17.3 Å². The molecule has 3 N–H and O–H groups in total. The number of piperazine rings is 1. The van der Waals surface area contributed by atoms with Gasteiger partial charge in [-0.3, -0.25) is 14.4 Å². The smallest absolute Gasteiger partial charge is 0.295 e. The summed E-state index contributed by atoms with van der Waals surface area (Å²) in [6, 6.07) is 7.18. The topological polar surface area (TPSA) is 157 Å². The number of carbonyl (C=O) groups is 3. The first kappa shape index (κ1) is 32.9. The van der Waals surface area contributed by atoms with E-state index < -0.39 is 17.3 Å². The molecule has 0 aliphatic carbocycles. The third kappa shape index (κ3) is 7.31. The third-order valence-electron chi connectivity index (χ3n) is 8.27. The number of nitrogens with one attached hydrogen (secondary N) is 3. The molecule has 0 radical (unpaired) electrons. The molecule has 0 unspecified atom stereocenters. The van der Waals surface area contributed by atoms with Gasteiger partial charge in [0.15, 0.2) is 0 Å². The summed E-state index contributed by atoms with van der Waals surface area (Å²) in [7, 11) is 1.52. The Bertz CT molecular complexity index is 1710. The van der Waals surface area contributed by atoms with E-state index in [9.17, 15) is 14.4 Å². The molecule has 1 saturated heterocycles.